The second-order valence-electron chi connectivity index (χ2n) is 7.06. The molecule has 0 amide bonds. The molecule has 1 N–H and O–H groups in total. The molecular formula is C19H26ClF3N6O. The molecule has 0 aromatic carbocycles. The molecule has 0 spiro atoms. The highest BCUT2D eigenvalue weighted by molar-refractivity contribution is 6.31. The number of nitrogens with one attached hydrogen (secondary N) is 1. The molecule has 0 aliphatic carbocycles. The van der Waals surface area contributed by atoms with Gasteiger partial charge in [-0.25, -0.2) is 4.98 Å². The molecule has 0 saturated carbocycles. The second kappa shape index (κ2) is 10.0. The van der Waals surface area contributed by atoms with Crippen molar-refractivity contribution in [3.63, 3.8) is 0 Å². The third-order valence-corrected chi connectivity index (χ3v) is 4.49. The van der Waals surface area contributed by atoms with Gasteiger partial charge in [-0.05, 0) is 12.0 Å². The topological polar surface area (TPSA) is 67.6 Å². The van der Waals surface area contributed by atoms with E-state index in [4.69, 9.17) is 16.3 Å². The third-order valence-electron chi connectivity index (χ3n) is 4.22. The molecule has 0 saturated heterocycles. The molecule has 2 heterocycles. The molecule has 0 fully saturated rings. The van der Waals surface area contributed by atoms with Gasteiger partial charge < -0.3 is 15.0 Å². The normalized spacial score (nSPS) is 12.4. The molecule has 0 unspecified atom stereocenters. The maximum Gasteiger partial charge on any atom is 0.417 e. The smallest absolute Gasteiger partial charge is 0.417 e. The lowest BCUT2D eigenvalue weighted by atomic mass is 10.1. The fraction of sp³-hybridized carbons (Fsp3) is 0.526. The lowest BCUT2D eigenvalue weighted by Gasteiger charge is -2.22. The number of alkyl halides is 3. The number of aromatic nitrogens is 3. The van der Waals surface area contributed by atoms with Crippen molar-refractivity contribution < 1.29 is 17.9 Å². The molecule has 11 heteroatoms. The average Bonchev–Trinajstić information content (AvgIpc) is 3.02. The van der Waals surface area contributed by atoms with Crippen LogP contribution < -0.4 is 10.1 Å². The van der Waals surface area contributed by atoms with Crippen LogP contribution in [0.25, 0.3) is 0 Å². The Morgan fingerprint density at radius 2 is 2.10 bits per heavy atom. The van der Waals surface area contributed by atoms with E-state index in [-0.39, 0.29) is 17.5 Å². The monoisotopic (exact) mass is 446 g/mol. The fourth-order valence-corrected chi connectivity index (χ4v) is 3.10. The zero-order chi connectivity index (χ0) is 22.5. The van der Waals surface area contributed by atoms with E-state index in [9.17, 15) is 13.2 Å². The molecule has 166 valence electrons. The van der Waals surface area contributed by atoms with Crippen LogP contribution in [0.1, 0.15) is 36.6 Å². The summed E-state index contributed by atoms with van der Waals surface area (Å²) in [5, 5.41) is 7.46. The summed E-state index contributed by atoms with van der Waals surface area (Å²) in [5.74, 6) is 0.898. The van der Waals surface area contributed by atoms with E-state index < -0.39 is 11.7 Å². The Morgan fingerprint density at radius 3 is 2.67 bits per heavy atom. The lowest BCUT2D eigenvalue weighted by molar-refractivity contribution is -0.137. The highest BCUT2D eigenvalue weighted by atomic mass is 35.5. The van der Waals surface area contributed by atoms with Crippen LogP contribution in [0.15, 0.2) is 23.5 Å². The van der Waals surface area contributed by atoms with Crippen molar-refractivity contribution in [3.05, 3.63) is 40.3 Å². The molecule has 0 radical (unpaired) electrons. The van der Waals surface area contributed by atoms with Crippen LogP contribution in [0, 0.1) is 0 Å². The van der Waals surface area contributed by atoms with Crippen molar-refractivity contribution in [3.8, 4) is 5.88 Å². The summed E-state index contributed by atoms with van der Waals surface area (Å²) < 4.78 is 45.2. The zero-order valence-corrected chi connectivity index (χ0v) is 18.3. The Bertz CT molecular complexity index is 882. The minimum Gasteiger partial charge on any atom is -0.475 e. The van der Waals surface area contributed by atoms with Gasteiger partial charge in [0.15, 0.2) is 5.96 Å². The highest BCUT2D eigenvalue weighted by Gasteiger charge is 2.31. The number of pyridine rings is 1. The lowest BCUT2D eigenvalue weighted by Crippen LogP contribution is -2.40. The Morgan fingerprint density at radius 1 is 1.40 bits per heavy atom. The first-order valence-electron chi connectivity index (χ1n) is 9.32. The summed E-state index contributed by atoms with van der Waals surface area (Å²) in [6.45, 7) is 5.32. The molecule has 2 rings (SSSR count). The van der Waals surface area contributed by atoms with E-state index in [1.807, 2.05) is 25.2 Å². The Labute approximate surface area is 178 Å². The number of nitrogens with zero attached hydrogens (tertiary/aromatic N) is 5. The predicted molar refractivity (Wildman–Crippen MR) is 110 cm³/mol. The van der Waals surface area contributed by atoms with Crippen molar-refractivity contribution in [2.75, 3.05) is 27.2 Å². The summed E-state index contributed by atoms with van der Waals surface area (Å²) in [6.07, 6.45) is -1.82. The summed E-state index contributed by atoms with van der Waals surface area (Å²) in [5.41, 5.74) is 1.22. The van der Waals surface area contributed by atoms with E-state index in [2.05, 4.69) is 34.2 Å². The molecule has 0 atom stereocenters. The summed E-state index contributed by atoms with van der Waals surface area (Å²) in [6, 6.07) is 0.796. The van der Waals surface area contributed by atoms with E-state index in [1.54, 1.807) is 11.7 Å². The first-order valence-corrected chi connectivity index (χ1v) is 9.70. The van der Waals surface area contributed by atoms with Crippen molar-refractivity contribution in [2.24, 2.45) is 12.0 Å². The Kier molecular flexibility index (Phi) is 7.94. The van der Waals surface area contributed by atoms with E-state index in [0.29, 0.717) is 31.2 Å². The van der Waals surface area contributed by atoms with Gasteiger partial charge in [0.1, 0.15) is 11.6 Å². The Hall–Kier alpha value is -2.49. The average molecular weight is 447 g/mol. The Balaban J connectivity index is 1.89. The summed E-state index contributed by atoms with van der Waals surface area (Å²) >= 11 is 5.84. The second-order valence-corrected chi connectivity index (χ2v) is 7.46. The first-order chi connectivity index (χ1) is 14.0. The van der Waals surface area contributed by atoms with Gasteiger partial charge in [0.05, 0.1) is 17.8 Å². The number of halogens is 4. The first kappa shape index (κ1) is 23.8. The van der Waals surface area contributed by atoms with Crippen LogP contribution >= 0.6 is 11.6 Å². The fourth-order valence-electron chi connectivity index (χ4n) is 2.88. The number of hydrogen-bond acceptors (Lipinski definition) is 4. The molecule has 7 nitrogen and oxygen atoms in total. The van der Waals surface area contributed by atoms with Crippen molar-refractivity contribution >= 4 is 17.6 Å². The molecule has 30 heavy (non-hydrogen) atoms. The SMILES string of the molecule is CN=C(NCCOc1ncc(C(F)(F)F)cc1Cl)N(C)Cc1cn(C)nc1C(C)C. The molecule has 0 bridgehead atoms. The molecule has 0 aliphatic heterocycles. The van der Waals surface area contributed by atoms with Gasteiger partial charge in [0.25, 0.3) is 0 Å². The van der Waals surface area contributed by atoms with Crippen molar-refractivity contribution in [1.29, 1.82) is 0 Å². The summed E-state index contributed by atoms with van der Waals surface area (Å²) in [4.78, 5) is 9.85. The number of rotatable bonds is 7. The molecule has 2 aromatic rings. The van der Waals surface area contributed by atoms with Gasteiger partial charge in [-0.3, -0.25) is 9.67 Å². The minimum atomic E-state index is -4.50. The molecular weight excluding hydrogens is 421 g/mol. The van der Waals surface area contributed by atoms with Gasteiger partial charge in [-0.2, -0.15) is 18.3 Å². The largest absolute Gasteiger partial charge is 0.475 e. The van der Waals surface area contributed by atoms with E-state index >= 15 is 0 Å². The number of hydrogen-bond donors (Lipinski definition) is 1. The van der Waals surface area contributed by atoms with Gasteiger partial charge in [0, 0.05) is 45.6 Å². The van der Waals surface area contributed by atoms with Crippen molar-refractivity contribution in [1.82, 2.24) is 25.0 Å². The zero-order valence-electron chi connectivity index (χ0n) is 17.6. The third kappa shape index (κ3) is 6.25. The number of ether oxygens (including phenoxy) is 1. The van der Waals surface area contributed by atoms with E-state index in [0.717, 1.165) is 17.3 Å². The van der Waals surface area contributed by atoms with Gasteiger partial charge >= 0.3 is 6.18 Å². The molecule has 2 aromatic heterocycles. The van der Waals surface area contributed by atoms with Gasteiger partial charge in [0.2, 0.25) is 5.88 Å². The number of aliphatic imine (C=N–C) groups is 1. The van der Waals surface area contributed by atoms with Crippen molar-refractivity contribution in [2.45, 2.75) is 32.5 Å². The summed E-state index contributed by atoms with van der Waals surface area (Å²) in [7, 11) is 5.46. The molecule has 0 aliphatic rings. The van der Waals surface area contributed by atoms with Crippen LogP contribution in [0.3, 0.4) is 0 Å². The van der Waals surface area contributed by atoms with Crippen LogP contribution in [-0.4, -0.2) is 52.9 Å². The van der Waals surface area contributed by atoms with E-state index in [1.165, 1.54) is 0 Å². The maximum atomic E-state index is 12.7. The number of guanidine groups is 1. The number of aryl methyl sites for hydroxylation is 1. The predicted octanol–water partition coefficient (Wildman–Crippen LogP) is 3.70. The quantitative estimate of drug-likeness (QED) is 0.399. The van der Waals surface area contributed by atoms with Gasteiger partial charge in [-0.15, -0.1) is 0 Å². The van der Waals surface area contributed by atoms with Crippen LogP contribution in [-0.2, 0) is 19.8 Å². The maximum absolute atomic E-state index is 12.7. The van der Waals surface area contributed by atoms with Crippen LogP contribution in [0.2, 0.25) is 5.02 Å². The van der Waals surface area contributed by atoms with Crippen LogP contribution in [0.5, 0.6) is 5.88 Å². The standard InChI is InChI=1S/C19H26ClF3N6O/c1-12(2)16-13(11-29(5)27-16)10-28(4)18(24-3)25-6-7-30-17-15(20)8-14(9-26-17)19(21,22)23/h8-9,11-12H,6-7,10H2,1-5H3,(H,24,25). The minimum absolute atomic E-state index is 0.0493. The van der Waals surface area contributed by atoms with Crippen LogP contribution in [0.4, 0.5) is 13.2 Å². The highest BCUT2D eigenvalue weighted by Crippen LogP contribution is 2.33. The van der Waals surface area contributed by atoms with Gasteiger partial charge in [-0.1, -0.05) is 25.4 Å².